The Morgan fingerprint density at radius 2 is 2.31 bits per heavy atom. The summed E-state index contributed by atoms with van der Waals surface area (Å²) in [5, 5.41) is 0. The van der Waals surface area contributed by atoms with E-state index in [1.165, 1.54) is 0 Å². The van der Waals surface area contributed by atoms with Crippen molar-refractivity contribution in [2.45, 2.75) is 18.9 Å². The minimum absolute atomic E-state index is 0.138. The van der Waals surface area contributed by atoms with Crippen LogP contribution < -0.4 is 5.73 Å². The Hall–Kier alpha value is -1.22. The molecular weight excluding hydrogens is 164 g/mol. The van der Waals surface area contributed by atoms with Crippen LogP contribution in [0.4, 0.5) is 0 Å². The van der Waals surface area contributed by atoms with E-state index in [0.717, 1.165) is 12.8 Å². The smallest absolute Gasteiger partial charge is 0.167 e. The van der Waals surface area contributed by atoms with Crippen molar-refractivity contribution in [1.29, 1.82) is 0 Å². The molecule has 0 amide bonds. The second-order valence-corrected chi connectivity index (χ2v) is 3.53. The summed E-state index contributed by atoms with van der Waals surface area (Å²) in [6.45, 7) is 0. The first-order valence-electron chi connectivity index (χ1n) is 4.47. The van der Waals surface area contributed by atoms with Gasteiger partial charge in [-0.2, -0.15) is 0 Å². The van der Waals surface area contributed by atoms with Gasteiger partial charge in [-0.05, 0) is 25.0 Å². The van der Waals surface area contributed by atoms with E-state index in [9.17, 15) is 4.79 Å². The molecule has 0 spiro atoms. The summed E-state index contributed by atoms with van der Waals surface area (Å²) in [5.74, 6) is 0.328. The lowest BCUT2D eigenvalue weighted by Gasteiger charge is -2.30. The number of hydrogen-bond donors (Lipinski definition) is 1. The topological polar surface area (TPSA) is 56.0 Å². The van der Waals surface area contributed by atoms with Crippen molar-refractivity contribution in [3.8, 4) is 0 Å². The molecule has 1 fully saturated rings. The lowest BCUT2D eigenvalue weighted by atomic mass is 9.76. The number of Topliss-reactive ketones (excluding diaryl/α,β-unsaturated/α-hetero) is 1. The van der Waals surface area contributed by atoms with Gasteiger partial charge in [0.1, 0.15) is 0 Å². The average Bonchev–Trinajstić information content (AvgIpc) is 2.13. The van der Waals surface area contributed by atoms with Crippen LogP contribution in [0, 0.1) is 5.92 Å². The monoisotopic (exact) mass is 176 g/mol. The molecule has 0 atom stereocenters. The molecule has 3 heteroatoms. The molecule has 0 aliphatic heterocycles. The quantitative estimate of drug-likeness (QED) is 0.684. The summed E-state index contributed by atoms with van der Waals surface area (Å²) in [6.07, 6.45) is 4.94. The largest absolute Gasteiger partial charge is 0.328 e. The average molecular weight is 176 g/mol. The first kappa shape index (κ1) is 8.38. The molecule has 0 radical (unpaired) electrons. The van der Waals surface area contributed by atoms with Crippen molar-refractivity contribution in [2.75, 3.05) is 0 Å². The van der Waals surface area contributed by atoms with E-state index in [1.807, 2.05) is 0 Å². The fraction of sp³-hybridized carbons (Fsp3) is 0.400. The maximum Gasteiger partial charge on any atom is 0.167 e. The number of aromatic nitrogens is 1. The highest BCUT2D eigenvalue weighted by molar-refractivity contribution is 5.98. The van der Waals surface area contributed by atoms with Crippen molar-refractivity contribution in [3.05, 3.63) is 30.1 Å². The number of nitrogens with two attached hydrogens (primary N) is 1. The zero-order valence-electron chi connectivity index (χ0n) is 7.31. The second kappa shape index (κ2) is 3.26. The molecule has 0 bridgehead atoms. The zero-order chi connectivity index (χ0) is 9.26. The summed E-state index contributed by atoms with van der Waals surface area (Å²) >= 11 is 0. The van der Waals surface area contributed by atoms with E-state index in [4.69, 9.17) is 5.73 Å². The Morgan fingerprint density at radius 3 is 2.85 bits per heavy atom. The molecule has 1 aliphatic carbocycles. The van der Waals surface area contributed by atoms with Crippen molar-refractivity contribution in [1.82, 2.24) is 4.98 Å². The Labute approximate surface area is 77.0 Å². The number of hydrogen-bond acceptors (Lipinski definition) is 3. The van der Waals surface area contributed by atoms with Crippen LogP contribution in [-0.2, 0) is 0 Å². The third-order valence-electron chi connectivity index (χ3n) is 2.49. The second-order valence-electron chi connectivity index (χ2n) is 3.53. The molecule has 1 saturated carbocycles. The molecule has 2 rings (SSSR count). The molecule has 1 heterocycles. The first-order chi connectivity index (χ1) is 6.27. The lowest BCUT2D eigenvalue weighted by molar-refractivity contribution is 0.0832. The highest BCUT2D eigenvalue weighted by Gasteiger charge is 2.32. The molecule has 1 aromatic rings. The summed E-state index contributed by atoms with van der Waals surface area (Å²) in [4.78, 5) is 15.6. The van der Waals surface area contributed by atoms with Gasteiger partial charge in [0, 0.05) is 29.9 Å². The number of rotatable bonds is 2. The van der Waals surface area contributed by atoms with Gasteiger partial charge in [-0.25, -0.2) is 0 Å². The van der Waals surface area contributed by atoms with E-state index in [2.05, 4.69) is 4.98 Å². The third kappa shape index (κ3) is 1.60. The van der Waals surface area contributed by atoms with E-state index in [0.29, 0.717) is 5.56 Å². The van der Waals surface area contributed by atoms with Gasteiger partial charge in [0.15, 0.2) is 5.78 Å². The zero-order valence-corrected chi connectivity index (χ0v) is 7.31. The van der Waals surface area contributed by atoms with Gasteiger partial charge in [-0.15, -0.1) is 0 Å². The van der Waals surface area contributed by atoms with Crippen LogP contribution in [0.15, 0.2) is 24.5 Å². The Kier molecular flexibility index (Phi) is 2.10. The fourth-order valence-electron chi connectivity index (χ4n) is 1.62. The van der Waals surface area contributed by atoms with Gasteiger partial charge >= 0.3 is 0 Å². The minimum atomic E-state index is 0.138. The highest BCUT2D eigenvalue weighted by Crippen LogP contribution is 2.28. The van der Waals surface area contributed by atoms with Gasteiger partial charge in [0.2, 0.25) is 0 Å². The first-order valence-corrected chi connectivity index (χ1v) is 4.47. The highest BCUT2D eigenvalue weighted by atomic mass is 16.1. The lowest BCUT2D eigenvalue weighted by Crippen LogP contribution is -2.40. The number of nitrogens with zero attached hydrogens (tertiary/aromatic N) is 1. The van der Waals surface area contributed by atoms with E-state index >= 15 is 0 Å². The van der Waals surface area contributed by atoms with Crippen molar-refractivity contribution in [3.63, 3.8) is 0 Å². The molecule has 1 aliphatic rings. The van der Waals surface area contributed by atoms with E-state index < -0.39 is 0 Å². The summed E-state index contributed by atoms with van der Waals surface area (Å²) in [6, 6.07) is 3.82. The predicted octanol–water partition coefficient (Wildman–Crippen LogP) is 1.00. The van der Waals surface area contributed by atoms with Crippen molar-refractivity contribution < 1.29 is 4.79 Å². The Bertz CT molecular complexity index is 304. The van der Waals surface area contributed by atoms with E-state index in [-0.39, 0.29) is 17.7 Å². The maximum absolute atomic E-state index is 11.7. The number of carbonyl (C=O) groups is 1. The molecule has 68 valence electrons. The van der Waals surface area contributed by atoms with Gasteiger partial charge < -0.3 is 5.73 Å². The van der Waals surface area contributed by atoms with Crippen molar-refractivity contribution in [2.24, 2.45) is 11.7 Å². The van der Waals surface area contributed by atoms with Crippen LogP contribution in [0.2, 0.25) is 0 Å². The molecule has 1 aromatic heterocycles. The molecule has 13 heavy (non-hydrogen) atoms. The molecule has 0 saturated heterocycles. The molecule has 0 aromatic carbocycles. The van der Waals surface area contributed by atoms with Crippen LogP contribution >= 0.6 is 0 Å². The molecule has 0 unspecified atom stereocenters. The van der Waals surface area contributed by atoms with Gasteiger partial charge in [-0.3, -0.25) is 9.78 Å². The molecular formula is C10H12N2O. The summed E-state index contributed by atoms with van der Waals surface area (Å²) in [5.41, 5.74) is 6.32. The standard InChI is InChI=1S/C10H12N2O/c11-9-4-8(5-9)10(13)7-2-1-3-12-6-7/h1-3,6,8-9H,4-5,11H2. The maximum atomic E-state index is 11.7. The van der Waals surface area contributed by atoms with Crippen LogP contribution in [0.5, 0.6) is 0 Å². The summed E-state index contributed by atoms with van der Waals surface area (Å²) in [7, 11) is 0. The Morgan fingerprint density at radius 1 is 1.54 bits per heavy atom. The van der Waals surface area contributed by atoms with E-state index in [1.54, 1.807) is 24.5 Å². The van der Waals surface area contributed by atoms with Crippen LogP contribution in [-0.4, -0.2) is 16.8 Å². The third-order valence-corrected chi connectivity index (χ3v) is 2.49. The van der Waals surface area contributed by atoms with Crippen LogP contribution in [0.3, 0.4) is 0 Å². The van der Waals surface area contributed by atoms with Gasteiger partial charge in [-0.1, -0.05) is 0 Å². The van der Waals surface area contributed by atoms with Gasteiger partial charge in [0.25, 0.3) is 0 Å². The SMILES string of the molecule is NC1CC(C(=O)c2cccnc2)C1. The fourth-order valence-corrected chi connectivity index (χ4v) is 1.62. The number of ketones is 1. The van der Waals surface area contributed by atoms with Crippen molar-refractivity contribution >= 4 is 5.78 Å². The molecule has 3 nitrogen and oxygen atoms in total. The minimum Gasteiger partial charge on any atom is -0.328 e. The number of carbonyl (C=O) groups excluding carboxylic acids is 1. The Balaban J connectivity index is 2.06. The number of pyridine rings is 1. The summed E-state index contributed by atoms with van der Waals surface area (Å²) < 4.78 is 0. The normalized spacial score (nSPS) is 26.5. The van der Waals surface area contributed by atoms with Crippen LogP contribution in [0.1, 0.15) is 23.2 Å². The van der Waals surface area contributed by atoms with Gasteiger partial charge in [0.05, 0.1) is 0 Å². The molecule has 2 N–H and O–H groups in total. The predicted molar refractivity (Wildman–Crippen MR) is 49.3 cm³/mol. The van der Waals surface area contributed by atoms with Crippen LogP contribution in [0.25, 0.3) is 0 Å².